The van der Waals surface area contributed by atoms with Crippen LogP contribution in [0, 0.1) is 6.92 Å². The highest BCUT2D eigenvalue weighted by molar-refractivity contribution is 7.15. The molecule has 0 spiro atoms. The fraction of sp³-hybridized carbons (Fsp3) is 0.455. The van der Waals surface area contributed by atoms with Crippen LogP contribution in [0.1, 0.15) is 10.7 Å². The zero-order valence-corrected chi connectivity index (χ0v) is 10.7. The lowest BCUT2D eigenvalue weighted by Crippen LogP contribution is -2.19. The third-order valence-electron chi connectivity index (χ3n) is 2.26. The van der Waals surface area contributed by atoms with Gasteiger partial charge in [0, 0.05) is 26.4 Å². The average Bonchev–Trinajstić information content (AvgIpc) is 2.93. The lowest BCUT2D eigenvalue weighted by Gasteiger charge is -2.02. The van der Waals surface area contributed by atoms with Crippen molar-refractivity contribution in [1.82, 2.24) is 15.3 Å². The Balaban J connectivity index is 2.02. The molecule has 1 N–H and O–H groups in total. The van der Waals surface area contributed by atoms with E-state index in [1.54, 1.807) is 18.4 Å². The van der Waals surface area contributed by atoms with Crippen LogP contribution in [0.2, 0.25) is 0 Å². The molecule has 0 unspecified atom stereocenters. The zero-order chi connectivity index (χ0) is 12.1. The van der Waals surface area contributed by atoms with Crippen molar-refractivity contribution in [3.8, 4) is 10.6 Å². The fourth-order valence-corrected chi connectivity index (χ4v) is 2.23. The molecule has 0 aromatic carbocycles. The number of ether oxygens (including phenoxy) is 1. The van der Waals surface area contributed by atoms with Gasteiger partial charge in [0.05, 0.1) is 16.5 Å². The van der Waals surface area contributed by atoms with Crippen molar-refractivity contribution in [3.05, 3.63) is 23.3 Å². The van der Waals surface area contributed by atoms with Crippen LogP contribution in [0.25, 0.3) is 10.6 Å². The molecule has 92 valence electrons. The Labute approximate surface area is 104 Å². The average molecular weight is 253 g/mol. The van der Waals surface area contributed by atoms with Crippen molar-refractivity contribution < 1.29 is 9.15 Å². The van der Waals surface area contributed by atoms with Crippen LogP contribution in [-0.4, -0.2) is 30.2 Å². The molecule has 0 saturated heterocycles. The maximum atomic E-state index is 5.41. The second-order valence-electron chi connectivity index (χ2n) is 3.54. The van der Waals surface area contributed by atoms with Crippen molar-refractivity contribution in [2.45, 2.75) is 13.5 Å². The molecular formula is C11H15N3O2S. The van der Waals surface area contributed by atoms with Gasteiger partial charge in [-0.05, 0) is 6.92 Å². The Bertz CT molecular complexity index is 467. The van der Waals surface area contributed by atoms with Crippen molar-refractivity contribution >= 4 is 11.3 Å². The van der Waals surface area contributed by atoms with Crippen LogP contribution in [0.5, 0.6) is 0 Å². The molecule has 0 aliphatic heterocycles. The number of thiazole rings is 1. The zero-order valence-electron chi connectivity index (χ0n) is 9.90. The molecule has 0 radical (unpaired) electrons. The van der Waals surface area contributed by atoms with Gasteiger partial charge in [0.2, 0.25) is 0 Å². The summed E-state index contributed by atoms with van der Waals surface area (Å²) in [6, 6.07) is 0. The van der Waals surface area contributed by atoms with E-state index in [0.29, 0.717) is 13.2 Å². The number of aromatic nitrogens is 2. The first kappa shape index (κ1) is 12.2. The number of methoxy groups -OCH3 is 1. The summed E-state index contributed by atoms with van der Waals surface area (Å²) in [7, 11) is 1.68. The number of nitrogens with zero attached hydrogens (tertiary/aromatic N) is 2. The van der Waals surface area contributed by atoms with Crippen molar-refractivity contribution in [3.63, 3.8) is 0 Å². The van der Waals surface area contributed by atoms with Crippen LogP contribution in [0.3, 0.4) is 0 Å². The third-order valence-corrected chi connectivity index (χ3v) is 3.17. The van der Waals surface area contributed by atoms with Gasteiger partial charge in [-0.25, -0.2) is 9.97 Å². The second-order valence-corrected chi connectivity index (χ2v) is 4.78. The maximum absolute atomic E-state index is 5.41. The van der Waals surface area contributed by atoms with Crippen LogP contribution in [0.4, 0.5) is 0 Å². The first-order valence-electron chi connectivity index (χ1n) is 5.36. The Hall–Kier alpha value is -1.24. The SMILES string of the molecule is COCCNCc1ncoc1-c1cnc(C)s1. The fourth-order valence-electron chi connectivity index (χ4n) is 1.44. The van der Waals surface area contributed by atoms with E-state index >= 15 is 0 Å². The summed E-state index contributed by atoms with van der Waals surface area (Å²) >= 11 is 1.61. The van der Waals surface area contributed by atoms with Crippen molar-refractivity contribution in [2.75, 3.05) is 20.3 Å². The summed E-state index contributed by atoms with van der Waals surface area (Å²) in [5, 5.41) is 4.27. The largest absolute Gasteiger partial charge is 0.442 e. The molecule has 5 nitrogen and oxygen atoms in total. The number of oxazole rings is 1. The molecule has 2 aromatic heterocycles. The second kappa shape index (κ2) is 5.90. The van der Waals surface area contributed by atoms with E-state index in [1.807, 2.05) is 13.1 Å². The highest BCUT2D eigenvalue weighted by Crippen LogP contribution is 2.28. The quantitative estimate of drug-likeness (QED) is 0.796. The smallest absolute Gasteiger partial charge is 0.181 e. The number of nitrogens with one attached hydrogen (secondary N) is 1. The summed E-state index contributed by atoms with van der Waals surface area (Å²) in [6.07, 6.45) is 3.29. The highest BCUT2D eigenvalue weighted by Gasteiger charge is 2.12. The monoisotopic (exact) mass is 253 g/mol. The van der Waals surface area contributed by atoms with Crippen molar-refractivity contribution in [1.29, 1.82) is 0 Å². The minimum atomic E-state index is 0.673. The molecule has 0 atom stereocenters. The molecule has 17 heavy (non-hydrogen) atoms. The van der Waals surface area contributed by atoms with E-state index in [4.69, 9.17) is 9.15 Å². The number of rotatable bonds is 6. The topological polar surface area (TPSA) is 60.2 Å². The van der Waals surface area contributed by atoms with Gasteiger partial charge < -0.3 is 14.5 Å². The Morgan fingerprint density at radius 1 is 1.47 bits per heavy atom. The molecule has 0 aliphatic rings. The molecule has 2 aromatic rings. The van der Waals surface area contributed by atoms with Gasteiger partial charge >= 0.3 is 0 Å². The van der Waals surface area contributed by atoms with Gasteiger partial charge in [-0.3, -0.25) is 0 Å². The summed E-state index contributed by atoms with van der Waals surface area (Å²) in [5.41, 5.74) is 0.907. The lowest BCUT2D eigenvalue weighted by atomic mass is 10.3. The van der Waals surface area contributed by atoms with E-state index in [2.05, 4.69) is 15.3 Å². The van der Waals surface area contributed by atoms with Gasteiger partial charge in [0.25, 0.3) is 0 Å². The lowest BCUT2D eigenvalue weighted by molar-refractivity contribution is 0.199. The van der Waals surface area contributed by atoms with E-state index in [1.165, 1.54) is 6.39 Å². The molecule has 0 bridgehead atoms. The van der Waals surface area contributed by atoms with Gasteiger partial charge in [-0.2, -0.15) is 0 Å². The Morgan fingerprint density at radius 3 is 3.06 bits per heavy atom. The molecule has 0 amide bonds. The minimum absolute atomic E-state index is 0.673. The number of hydrogen-bond acceptors (Lipinski definition) is 6. The molecule has 0 fully saturated rings. The highest BCUT2D eigenvalue weighted by atomic mass is 32.1. The van der Waals surface area contributed by atoms with E-state index < -0.39 is 0 Å². The van der Waals surface area contributed by atoms with Crippen molar-refractivity contribution in [2.24, 2.45) is 0 Å². The van der Waals surface area contributed by atoms with Gasteiger partial charge in [-0.15, -0.1) is 11.3 Å². The molecular weight excluding hydrogens is 238 g/mol. The van der Waals surface area contributed by atoms with Crippen LogP contribution >= 0.6 is 11.3 Å². The standard InChI is InChI=1S/C11H15N3O2S/c1-8-13-6-10(17-8)11-9(14-7-16-11)5-12-3-4-15-2/h6-7,12H,3-5H2,1-2H3. The van der Waals surface area contributed by atoms with E-state index in [-0.39, 0.29) is 0 Å². The Kier molecular flexibility index (Phi) is 4.24. The minimum Gasteiger partial charge on any atom is -0.442 e. The first-order chi connectivity index (χ1) is 8.31. The summed E-state index contributed by atoms with van der Waals surface area (Å²) in [6.45, 7) is 4.13. The van der Waals surface area contributed by atoms with Gasteiger partial charge in [-0.1, -0.05) is 0 Å². The number of aryl methyl sites for hydroxylation is 1. The molecule has 0 aliphatic carbocycles. The van der Waals surface area contributed by atoms with Crippen LogP contribution in [-0.2, 0) is 11.3 Å². The predicted octanol–water partition coefficient (Wildman–Crippen LogP) is 1.84. The molecule has 0 saturated carbocycles. The van der Waals surface area contributed by atoms with Gasteiger partial charge in [0.1, 0.15) is 5.69 Å². The normalized spacial score (nSPS) is 10.9. The Morgan fingerprint density at radius 2 is 2.35 bits per heavy atom. The van der Waals surface area contributed by atoms with E-state index in [9.17, 15) is 0 Å². The van der Waals surface area contributed by atoms with Gasteiger partial charge in [0.15, 0.2) is 12.2 Å². The van der Waals surface area contributed by atoms with Crippen LogP contribution < -0.4 is 5.32 Å². The first-order valence-corrected chi connectivity index (χ1v) is 6.17. The molecule has 2 heterocycles. The summed E-state index contributed by atoms with van der Waals surface area (Å²) < 4.78 is 10.4. The number of hydrogen-bond donors (Lipinski definition) is 1. The summed E-state index contributed by atoms with van der Waals surface area (Å²) in [4.78, 5) is 9.44. The maximum Gasteiger partial charge on any atom is 0.181 e. The predicted molar refractivity (Wildman–Crippen MR) is 65.9 cm³/mol. The molecule has 6 heteroatoms. The summed E-state index contributed by atoms with van der Waals surface area (Å²) in [5.74, 6) is 0.806. The third kappa shape index (κ3) is 3.12. The molecule has 2 rings (SSSR count). The van der Waals surface area contributed by atoms with E-state index in [0.717, 1.165) is 27.9 Å². The van der Waals surface area contributed by atoms with Crippen LogP contribution in [0.15, 0.2) is 17.0 Å².